The highest BCUT2D eigenvalue weighted by molar-refractivity contribution is 5.64. The molecule has 1 rings (SSSR count). The molecule has 1 aromatic carbocycles. The highest BCUT2D eigenvalue weighted by Gasteiger charge is 1.94. The Bertz CT molecular complexity index is 382. The first-order valence-electron chi connectivity index (χ1n) is 4.49. The van der Waals surface area contributed by atoms with Crippen LogP contribution in [0, 0.1) is 12.3 Å². The van der Waals surface area contributed by atoms with E-state index in [9.17, 15) is 4.79 Å². The molecule has 3 N–H and O–H groups in total. The molecule has 0 radical (unpaired) electrons. The fourth-order valence-corrected chi connectivity index (χ4v) is 1.10. The summed E-state index contributed by atoms with van der Waals surface area (Å²) in [6.45, 7) is 0.885. The topological polar surface area (TPSA) is 61.4 Å². The number of hydrogen-bond acceptors (Lipinski definition) is 2. The van der Waals surface area contributed by atoms with Gasteiger partial charge < -0.3 is 15.7 Å². The Kier molecular flexibility index (Phi) is 4.05. The molecule has 0 saturated carbocycles. The summed E-state index contributed by atoms with van der Waals surface area (Å²) in [5.41, 5.74) is 1.68. The van der Waals surface area contributed by atoms with Crippen molar-refractivity contribution in [2.24, 2.45) is 0 Å². The van der Waals surface area contributed by atoms with Crippen molar-refractivity contribution in [3.8, 4) is 12.3 Å². The molecule has 0 unspecified atom stereocenters. The minimum absolute atomic E-state index is 0.357. The van der Waals surface area contributed by atoms with Crippen molar-refractivity contribution in [1.29, 1.82) is 0 Å². The summed E-state index contributed by atoms with van der Waals surface area (Å²) in [5, 5.41) is 13.6. The maximum atomic E-state index is 10.1. The summed E-state index contributed by atoms with van der Waals surface area (Å²) in [5.74, 6) is 2.53. The average Bonchev–Trinajstić information content (AvgIpc) is 2.24. The van der Waals surface area contributed by atoms with Crippen LogP contribution in [0.2, 0.25) is 0 Å². The smallest absolute Gasteiger partial charge is 0.404 e. The summed E-state index contributed by atoms with van der Waals surface area (Å²) < 4.78 is 0. The number of anilines is 1. The Balaban J connectivity index is 2.38. The zero-order valence-corrected chi connectivity index (χ0v) is 8.16. The number of benzene rings is 1. The molecule has 4 heteroatoms. The van der Waals surface area contributed by atoms with Gasteiger partial charge in [0.05, 0.1) is 0 Å². The minimum Gasteiger partial charge on any atom is -0.465 e. The lowest BCUT2D eigenvalue weighted by Crippen LogP contribution is -2.26. The van der Waals surface area contributed by atoms with Crippen molar-refractivity contribution in [3.05, 3.63) is 29.8 Å². The third kappa shape index (κ3) is 4.05. The number of rotatable bonds is 4. The van der Waals surface area contributed by atoms with E-state index >= 15 is 0 Å². The molecule has 0 heterocycles. The van der Waals surface area contributed by atoms with Crippen LogP contribution in [0.5, 0.6) is 0 Å². The molecular formula is C11H12N2O2. The zero-order valence-electron chi connectivity index (χ0n) is 8.16. The van der Waals surface area contributed by atoms with Gasteiger partial charge in [0.2, 0.25) is 0 Å². The Morgan fingerprint density at radius 2 is 2.27 bits per heavy atom. The molecule has 4 nitrogen and oxygen atoms in total. The van der Waals surface area contributed by atoms with Gasteiger partial charge in [-0.2, -0.15) is 0 Å². The van der Waals surface area contributed by atoms with Crippen LogP contribution in [0.1, 0.15) is 5.56 Å². The van der Waals surface area contributed by atoms with Crippen LogP contribution in [0.25, 0.3) is 0 Å². The lowest BCUT2D eigenvalue weighted by molar-refractivity contribution is 0.195. The van der Waals surface area contributed by atoms with Gasteiger partial charge in [0.1, 0.15) is 0 Å². The minimum atomic E-state index is -1.02. The van der Waals surface area contributed by atoms with Gasteiger partial charge in [0.25, 0.3) is 0 Å². The number of carbonyl (C=O) groups is 1. The van der Waals surface area contributed by atoms with Gasteiger partial charge in [-0.25, -0.2) is 4.79 Å². The summed E-state index contributed by atoms with van der Waals surface area (Å²) in [7, 11) is 0. The molecule has 15 heavy (non-hydrogen) atoms. The van der Waals surface area contributed by atoms with E-state index in [1.165, 1.54) is 0 Å². The highest BCUT2D eigenvalue weighted by atomic mass is 16.4. The maximum absolute atomic E-state index is 10.1. The summed E-state index contributed by atoms with van der Waals surface area (Å²) >= 11 is 0. The zero-order chi connectivity index (χ0) is 11.1. The van der Waals surface area contributed by atoms with E-state index in [0.29, 0.717) is 13.1 Å². The number of nitrogens with one attached hydrogen (secondary N) is 2. The van der Waals surface area contributed by atoms with Crippen molar-refractivity contribution < 1.29 is 9.90 Å². The SMILES string of the molecule is C#Cc1cccc(NCCNC(=O)O)c1. The van der Waals surface area contributed by atoms with Crippen LogP contribution in [0.4, 0.5) is 10.5 Å². The Hall–Kier alpha value is -2.15. The van der Waals surface area contributed by atoms with Crippen molar-refractivity contribution >= 4 is 11.8 Å². The Labute approximate surface area is 88.3 Å². The second-order valence-corrected chi connectivity index (χ2v) is 2.88. The molecule has 78 valence electrons. The quantitative estimate of drug-likeness (QED) is 0.512. The van der Waals surface area contributed by atoms with E-state index in [0.717, 1.165) is 11.3 Å². The number of carboxylic acid groups (broad SMARTS) is 1. The van der Waals surface area contributed by atoms with Crippen molar-refractivity contribution in [2.75, 3.05) is 18.4 Å². The van der Waals surface area contributed by atoms with Crippen molar-refractivity contribution in [3.63, 3.8) is 0 Å². The van der Waals surface area contributed by atoms with Crippen LogP contribution < -0.4 is 10.6 Å². The fraction of sp³-hybridized carbons (Fsp3) is 0.182. The van der Waals surface area contributed by atoms with E-state index in [2.05, 4.69) is 16.6 Å². The highest BCUT2D eigenvalue weighted by Crippen LogP contribution is 2.08. The van der Waals surface area contributed by atoms with E-state index < -0.39 is 6.09 Å². The van der Waals surface area contributed by atoms with Crippen LogP contribution in [-0.4, -0.2) is 24.3 Å². The average molecular weight is 204 g/mol. The Morgan fingerprint density at radius 3 is 2.93 bits per heavy atom. The van der Waals surface area contributed by atoms with E-state index in [1.54, 1.807) is 0 Å². The van der Waals surface area contributed by atoms with Gasteiger partial charge in [-0.05, 0) is 18.2 Å². The lowest BCUT2D eigenvalue weighted by atomic mass is 10.2. The summed E-state index contributed by atoms with van der Waals surface area (Å²) in [4.78, 5) is 10.1. The van der Waals surface area contributed by atoms with Crippen molar-refractivity contribution in [1.82, 2.24) is 5.32 Å². The third-order valence-electron chi connectivity index (χ3n) is 1.76. The third-order valence-corrected chi connectivity index (χ3v) is 1.76. The van der Waals surface area contributed by atoms with Gasteiger partial charge in [-0.1, -0.05) is 12.0 Å². The number of amides is 1. The monoisotopic (exact) mass is 204 g/mol. The molecule has 0 saturated heterocycles. The van der Waals surface area contributed by atoms with Gasteiger partial charge in [-0.3, -0.25) is 0 Å². The molecule has 0 spiro atoms. The van der Waals surface area contributed by atoms with Crippen LogP contribution in [0.3, 0.4) is 0 Å². The van der Waals surface area contributed by atoms with Crippen molar-refractivity contribution in [2.45, 2.75) is 0 Å². The molecule has 1 aromatic rings. The first kappa shape index (κ1) is 10.9. The van der Waals surface area contributed by atoms with Crippen LogP contribution >= 0.6 is 0 Å². The first-order valence-corrected chi connectivity index (χ1v) is 4.49. The van der Waals surface area contributed by atoms with E-state index in [4.69, 9.17) is 11.5 Å². The Morgan fingerprint density at radius 1 is 1.47 bits per heavy atom. The first-order chi connectivity index (χ1) is 7.22. The van der Waals surface area contributed by atoms with Gasteiger partial charge >= 0.3 is 6.09 Å². The molecule has 0 bridgehead atoms. The predicted octanol–water partition coefficient (Wildman–Crippen LogP) is 1.35. The second-order valence-electron chi connectivity index (χ2n) is 2.88. The van der Waals surface area contributed by atoms with Gasteiger partial charge in [0.15, 0.2) is 0 Å². The largest absolute Gasteiger partial charge is 0.465 e. The molecule has 0 aliphatic rings. The number of hydrogen-bond donors (Lipinski definition) is 3. The molecule has 0 aliphatic heterocycles. The molecule has 0 aromatic heterocycles. The lowest BCUT2D eigenvalue weighted by Gasteiger charge is -2.06. The molecule has 1 amide bonds. The van der Waals surface area contributed by atoms with Crippen LogP contribution in [0.15, 0.2) is 24.3 Å². The van der Waals surface area contributed by atoms with E-state index in [-0.39, 0.29) is 0 Å². The second kappa shape index (κ2) is 5.55. The molecule has 0 fully saturated rings. The van der Waals surface area contributed by atoms with Gasteiger partial charge in [0, 0.05) is 24.3 Å². The van der Waals surface area contributed by atoms with E-state index in [1.807, 2.05) is 24.3 Å². The normalized spacial score (nSPS) is 9.00. The fourth-order valence-electron chi connectivity index (χ4n) is 1.10. The summed E-state index contributed by atoms with van der Waals surface area (Å²) in [6, 6.07) is 7.39. The van der Waals surface area contributed by atoms with Crippen LogP contribution in [-0.2, 0) is 0 Å². The molecular weight excluding hydrogens is 192 g/mol. The molecule has 0 atom stereocenters. The standard InChI is InChI=1S/C11H12N2O2/c1-2-9-4-3-5-10(8-9)12-6-7-13-11(14)15/h1,3-5,8,12-13H,6-7H2,(H,14,15). The summed E-state index contributed by atoms with van der Waals surface area (Å²) in [6.07, 6.45) is 4.23. The van der Waals surface area contributed by atoms with Gasteiger partial charge in [-0.15, -0.1) is 6.42 Å². The molecule has 0 aliphatic carbocycles. The number of terminal acetylenes is 1. The maximum Gasteiger partial charge on any atom is 0.404 e. The predicted molar refractivity (Wildman–Crippen MR) is 58.9 cm³/mol.